The summed E-state index contributed by atoms with van der Waals surface area (Å²) in [6.07, 6.45) is 7.87. The lowest BCUT2D eigenvalue weighted by Gasteiger charge is -2.39. The van der Waals surface area contributed by atoms with Crippen LogP contribution >= 0.6 is 0 Å². The highest BCUT2D eigenvalue weighted by Gasteiger charge is 2.34. The van der Waals surface area contributed by atoms with Crippen molar-refractivity contribution < 1.29 is 4.52 Å². The van der Waals surface area contributed by atoms with Gasteiger partial charge in [-0.05, 0) is 43.7 Å². The Balaban J connectivity index is 1.67. The number of nitrogens with one attached hydrogen (secondary N) is 1. The van der Waals surface area contributed by atoms with Gasteiger partial charge in [-0.15, -0.1) is 0 Å². The predicted octanol–water partition coefficient (Wildman–Crippen LogP) is 2.51. The van der Waals surface area contributed by atoms with Crippen LogP contribution < -0.4 is 10.2 Å². The third-order valence-electron chi connectivity index (χ3n) is 4.70. The van der Waals surface area contributed by atoms with Gasteiger partial charge >= 0.3 is 0 Å². The molecule has 5 heteroatoms. The molecule has 0 amide bonds. The number of piperidine rings is 1. The Bertz CT molecular complexity index is 419. The molecular formula is C14H24N4O. The van der Waals surface area contributed by atoms with Crippen molar-refractivity contribution in [1.82, 2.24) is 15.5 Å². The van der Waals surface area contributed by atoms with Crippen LogP contribution in [0, 0.1) is 5.92 Å². The highest BCUT2D eigenvalue weighted by atomic mass is 16.5. The van der Waals surface area contributed by atoms with Crippen LogP contribution in [-0.4, -0.2) is 29.8 Å². The second-order valence-electron chi connectivity index (χ2n) is 5.89. The fraction of sp³-hybridized carbons (Fsp3) is 0.857. The van der Waals surface area contributed by atoms with Gasteiger partial charge in [-0.25, -0.2) is 0 Å². The van der Waals surface area contributed by atoms with E-state index in [0.717, 1.165) is 24.8 Å². The second kappa shape index (κ2) is 5.49. The summed E-state index contributed by atoms with van der Waals surface area (Å²) in [6, 6.07) is 0.914. The first kappa shape index (κ1) is 12.9. The Labute approximate surface area is 114 Å². The quantitative estimate of drug-likeness (QED) is 0.909. The van der Waals surface area contributed by atoms with Gasteiger partial charge in [-0.3, -0.25) is 0 Å². The molecule has 5 nitrogen and oxygen atoms in total. The molecular weight excluding hydrogens is 240 g/mol. The zero-order valence-electron chi connectivity index (χ0n) is 11.9. The molecule has 1 saturated heterocycles. The molecule has 0 spiro atoms. The number of aromatic nitrogens is 2. The molecule has 1 aromatic rings. The van der Waals surface area contributed by atoms with Crippen LogP contribution in [0.1, 0.15) is 57.4 Å². The molecule has 1 aliphatic heterocycles. The SMILES string of the molecule is CCN(C)c1noc(C2CCC3CCCCC3N2)n1. The molecule has 1 saturated carbocycles. The smallest absolute Gasteiger partial charge is 0.265 e. The molecule has 2 heterocycles. The molecule has 106 valence electrons. The Hall–Kier alpha value is -1.10. The normalized spacial score (nSPS) is 30.9. The molecule has 2 fully saturated rings. The van der Waals surface area contributed by atoms with E-state index in [4.69, 9.17) is 4.52 Å². The lowest BCUT2D eigenvalue weighted by molar-refractivity contribution is 0.158. The van der Waals surface area contributed by atoms with Crippen LogP contribution in [0.15, 0.2) is 4.52 Å². The molecule has 1 aliphatic carbocycles. The summed E-state index contributed by atoms with van der Waals surface area (Å²) >= 11 is 0. The minimum Gasteiger partial charge on any atom is -0.342 e. The molecule has 3 atom stereocenters. The first-order valence-electron chi connectivity index (χ1n) is 7.58. The molecule has 19 heavy (non-hydrogen) atoms. The van der Waals surface area contributed by atoms with Gasteiger partial charge in [0.05, 0.1) is 6.04 Å². The number of hydrogen-bond acceptors (Lipinski definition) is 5. The summed E-state index contributed by atoms with van der Waals surface area (Å²) in [5.74, 6) is 2.33. The lowest BCUT2D eigenvalue weighted by atomic mass is 9.78. The van der Waals surface area contributed by atoms with Crippen molar-refractivity contribution >= 4 is 5.95 Å². The van der Waals surface area contributed by atoms with Gasteiger partial charge in [-0.1, -0.05) is 12.8 Å². The van der Waals surface area contributed by atoms with Crippen LogP contribution in [-0.2, 0) is 0 Å². The molecule has 0 bridgehead atoms. The van der Waals surface area contributed by atoms with Crippen molar-refractivity contribution in [3.8, 4) is 0 Å². The molecule has 3 rings (SSSR count). The number of rotatable bonds is 3. The molecule has 3 unspecified atom stereocenters. The fourth-order valence-corrected chi connectivity index (χ4v) is 3.35. The van der Waals surface area contributed by atoms with E-state index >= 15 is 0 Å². The summed E-state index contributed by atoms with van der Waals surface area (Å²) < 4.78 is 5.44. The molecule has 0 radical (unpaired) electrons. The Kier molecular flexibility index (Phi) is 3.73. The number of fused-ring (bicyclic) bond motifs is 1. The Morgan fingerprint density at radius 1 is 1.26 bits per heavy atom. The van der Waals surface area contributed by atoms with Gasteiger partial charge < -0.3 is 14.7 Å². The predicted molar refractivity (Wildman–Crippen MR) is 74.1 cm³/mol. The zero-order valence-corrected chi connectivity index (χ0v) is 11.9. The van der Waals surface area contributed by atoms with Crippen molar-refractivity contribution in [2.24, 2.45) is 5.92 Å². The van der Waals surface area contributed by atoms with E-state index in [9.17, 15) is 0 Å². The lowest BCUT2D eigenvalue weighted by Crippen LogP contribution is -2.44. The van der Waals surface area contributed by atoms with Crippen LogP contribution in [0.25, 0.3) is 0 Å². The van der Waals surface area contributed by atoms with Crippen molar-refractivity contribution in [2.75, 3.05) is 18.5 Å². The zero-order chi connectivity index (χ0) is 13.2. The molecule has 2 aliphatic rings. The Morgan fingerprint density at radius 3 is 2.95 bits per heavy atom. The largest absolute Gasteiger partial charge is 0.342 e. The number of hydrogen-bond donors (Lipinski definition) is 1. The van der Waals surface area contributed by atoms with Gasteiger partial charge in [0.25, 0.3) is 5.95 Å². The average Bonchev–Trinajstić information content (AvgIpc) is 2.95. The van der Waals surface area contributed by atoms with Gasteiger partial charge in [-0.2, -0.15) is 4.98 Å². The summed E-state index contributed by atoms with van der Waals surface area (Å²) in [5, 5.41) is 7.79. The maximum atomic E-state index is 5.44. The first-order chi connectivity index (χ1) is 9.28. The van der Waals surface area contributed by atoms with Gasteiger partial charge in [0, 0.05) is 19.6 Å². The van der Waals surface area contributed by atoms with Crippen molar-refractivity contribution in [3.05, 3.63) is 5.89 Å². The summed E-state index contributed by atoms with van der Waals surface area (Å²) in [5.41, 5.74) is 0. The van der Waals surface area contributed by atoms with Crippen molar-refractivity contribution in [3.63, 3.8) is 0 Å². The van der Waals surface area contributed by atoms with Crippen molar-refractivity contribution in [1.29, 1.82) is 0 Å². The summed E-state index contributed by atoms with van der Waals surface area (Å²) in [7, 11) is 1.99. The average molecular weight is 264 g/mol. The molecule has 1 N–H and O–H groups in total. The van der Waals surface area contributed by atoms with Gasteiger partial charge in [0.2, 0.25) is 5.89 Å². The van der Waals surface area contributed by atoms with E-state index in [1.165, 1.54) is 32.1 Å². The van der Waals surface area contributed by atoms with E-state index in [1.54, 1.807) is 0 Å². The van der Waals surface area contributed by atoms with Crippen LogP contribution in [0.3, 0.4) is 0 Å². The third-order valence-corrected chi connectivity index (χ3v) is 4.70. The molecule has 0 aromatic carbocycles. The molecule has 1 aromatic heterocycles. The van der Waals surface area contributed by atoms with E-state index in [1.807, 2.05) is 11.9 Å². The highest BCUT2D eigenvalue weighted by molar-refractivity contribution is 5.25. The maximum absolute atomic E-state index is 5.44. The van der Waals surface area contributed by atoms with Gasteiger partial charge in [0.1, 0.15) is 0 Å². The highest BCUT2D eigenvalue weighted by Crippen LogP contribution is 2.36. The maximum Gasteiger partial charge on any atom is 0.265 e. The monoisotopic (exact) mass is 264 g/mol. The number of nitrogens with zero attached hydrogens (tertiary/aromatic N) is 3. The minimum atomic E-state index is 0.255. The van der Waals surface area contributed by atoms with Gasteiger partial charge in [0.15, 0.2) is 0 Å². The summed E-state index contributed by atoms with van der Waals surface area (Å²) in [6.45, 7) is 2.98. The third kappa shape index (κ3) is 2.61. The van der Waals surface area contributed by atoms with E-state index < -0.39 is 0 Å². The van der Waals surface area contributed by atoms with Crippen LogP contribution in [0.2, 0.25) is 0 Å². The van der Waals surface area contributed by atoms with Crippen molar-refractivity contribution in [2.45, 2.75) is 57.5 Å². The van der Waals surface area contributed by atoms with Crippen LogP contribution in [0.5, 0.6) is 0 Å². The minimum absolute atomic E-state index is 0.255. The fourth-order valence-electron chi connectivity index (χ4n) is 3.35. The topological polar surface area (TPSA) is 54.2 Å². The standard InChI is InChI=1S/C14H24N4O/c1-3-18(2)14-16-13(19-17-14)12-9-8-10-6-4-5-7-11(10)15-12/h10-12,15H,3-9H2,1-2H3. The Morgan fingerprint density at radius 2 is 2.11 bits per heavy atom. The van der Waals surface area contributed by atoms with E-state index in [0.29, 0.717) is 12.0 Å². The van der Waals surface area contributed by atoms with E-state index in [2.05, 4.69) is 22.4 Å². The van der Waals surface area contributed by atoms with Crippen LogP contribution in [0.4, 0.5) is 5.95 Å². The summed E-state index contributed by atoms with van der Waals surface area (Å²) in [4.78, 5) is 6.53. The van der Waals surface area contributed by atoms with E-state index in [-0.39, 0.29) is 6.04 Å². The number of anilines is 1. The first-order valence-corrected chi connectivity index (χ1v) is 7.58. The second-order valence-corrected chi connectivity index (χ2v) is 5.89.